The molecular weight excluding hydrogens is 94.0 g/mol. The Labute approximate surface area is 40.1 Å². The van der Waals surface area contributed by atoms with Gasteiger partial charge in [0.1, 0.15) is 6.26 Å². The molecule has 38 valence electrons. The van der Waals surface area contributed by atoms with Crippen LogP contribution in [0.3, 0.4) is 0 Å². The first-order chi connectivity index (χ1) is 3.30. The molecule has 0 aliphatic heterocycles. The van der Waals surface area contributed by atoms with E-state index in [0.717, 1.165) is 4.74 Å². The van der Waals surface area contributed by atoms with Gasteiger partial charge >= 0.3 is 0 Å². The van der Waals surface area contributed by atoms with Crippen molar-refractivity contribution < 1.29 is 4.52 Å². The lowest BCUT2D eigenvalue weighted by atomic mass is 10.7. The Bertz CT molecular complexity index is 197. The summed E-state index contributed by atoms with van der Waals surface area (Å²) >= 11 is 0. The summed E-state index contributed by atoms with van der Waals surface area (Å²) in [4.78, 5) is 10.3. The molecule has 0 aromatic carbocycles. The summed E-state index contributed by atoms with van der Waals surface area (Å²) in [5.41, 5.74) is -0.111. The van der Waals surface area contributed by atoms with Gasteiger partial charge in [-0.15, -0.1) is 0 Å². The fraction of sp³-hybridized carbons (Fsp3) is 0.250. The van der Waals surface area contributed by atoms with Gasteiger partial charge in [0.25, 0.3) is 5.56 Å². The lowest BCUT2D eigenvalue weighted by Crippen LogP contribution is -2.06. The van der Waals surface area contributed by atoms with E-state index in [1.54, 1.807) is 7.05 Å². The molecule has 0 fully saturated rings. The highest BCUT2D eigenvalue weighted by atomic mass is 16.5. The van der Waals surface area contributed by atoms with Gasteiger partial charge in [-0.25, -0.2) is 0 Å². The van der Waals surface area contributed by atoms with Gasteiger partial charge in [0.15, 0.2) is 0 Å². The first kappa shape index (κ1) is 4.18. The second-order valence-electron chi connectivity index (χ2n) is 1.24. The Morgan fingerprint density at radius 1 is 1.86 bits per heavy atom. The zero-order valence-electron chi connectivity index (χ0n) is 3.92. The third-order valence-corrected chi connectivity index (χ3v) is 0.740. The first-order valence-corrected chi connectivity index (χ1v) is 1.92. The van der Waals surface area contributed by atoms with Crippen LogP contribution < -0.4 is 5.56 Å². The Kier molecular flexibility index (Phi) is 0.749. The summed E-state index contributed by atoms with van der Waals surface area (Å²) in [6.45, 7) is 0. The van der Waals surface area contributed by atoms with Crippen LogP contribution in [0.1, 0.15) is 0 Å². The SMILES string of the molecule is Cn1occc1=O. The van der Waals surface area contributed by atoms with Crippen molar-refractivity contribution in [1.82, 2.24) is 4.74 Å². The fourth-order valence-electron chi connectivity index (χ4n) is 0.337. The molecule has 0 aliphatic rings. The molecule has 1 heterocycles. The van der Waals surface area contributed by atoms with Crippen LogP contribution in [0.2, 0.25) is 0 Å². The van der Waals surface area contributed by atoms with Gasteiger partial charge in [-0.05, 0) is 0 Å². The summed E-state index contributed by atoms with van der Waals surface area (Å²) in [6.07, 6.45) is 1.35. The van der Waals surface area contributed by atoms with Crippen LogP contribution in [0.5, 0.6) is 0 Å². The maximum absolute atomic E-state index is 10.3. The molecule has 0 saturated heterocycles. The van der Waals surface area contributed by atoms with E-state index in [0.29, 0.717) is 0 Å². The summed E-state index contributed by atoms with van der Waals surface area (Å²) in [5, 5.41) is 0. The highest BCUT2D eigenvalue weighted by molar-refractivity contribution is 4.73. The topological polar surface area (TPSA) is 35.1 Å². The second-order valence-corrected chi connectivity index (χ2v) is 1.24. The number of hydrogen-bond donors (Lipinski definition) is 0. The van der Waals surface area contributed by atoms with Crippen LogP contribution in [-0.4, -0.2) is 4.74 Å². The average molecular weight is 99.1 g/mol. The normalized spacial score (nSPS) is 9.29. The van der Waals surface area contributed by atoms with E-state index in [1.807, 2.05) is 0 Å². The standard InChI is InChI=1S/C4H5NO2/c1-5-4(6)2-3-7-5/h2-3H,1H3. The zero-order valence-corrected chi connectivity index (χ0v) is 3.92. The minimum atomic E-state index is -0.111. The minimum Gasteiger partial charge on any atom is -0.385 e. The second kappa shape index (κ2) is 1.26. The number of aromatic nitrogens is 1. The van der Waals surface area contributed by atoms with Crippen LogP contribution in [0.4, 0.5) is 0 Å². The summed E-state index contributed by atoms with van der Waals surface area (Å²) in [5.74, 6) is 0. The smallest absolute Gasteiger partial charge is 0.282 e. The van der Waals surface area contributed by atoms with E-state index in [9.17, 15) is 4.79 Å². The van der Waals surface area contributed by atoms with E-state index < -0.39 is 0 Å². The van der Waals surface area contributed by atoms with E-state index in [2.05, 4.69) is 4.52 Å². The van der Waals surface area contributed by atoms with Crippen LogP contribution in [0.15, 0.2) is 21.6 Å². The molecule has 0 saturated carbocycles. The van der Waals surface area contributed by atoms with Crippen LogP contribution >= 0.6 is 0 Å². The van der Waals surface area contributed by atoms with Crippen molar-refractivity contribution in [2.75, 3.05) is 0 Å². The van der Waals surface area contributed by atoms with Crippen LogP contribution in [-0.2, 0) is 7.05 Å². The number of hydrogen-bond acceptors (Lipinski definition) is 2. The lowest BCUT2D eigenvalue weighted by Gasteiger charge is -1.77. The molecule has 3 nitrogen and oxygen atoms in total. The molecule has 1 rings (SSSR count). The number of rotatable bonds is 0. The predicted octanol–water partition coefficient (Wildman–Crippen LogP) is -0.0217. The predicted molar refractivity (Wildman–Crippen MR) is 23.9 cm³/mol. The highest BCUT2D eigenvalue weighted by Gasteiger charge is 1.84. The molecular formula is C4H5NO2. The Hall–Kier alpha value is -0.990. The van der Waals surface area contributed by atoms with E-state index in [1.165, 1.54) is 12.3 Å². The summed E-state index contributed by atoms with van der Waals surface area (Å²) in [6, 6.07) is 1.36. The Balaban J connectivity index is 3.39. The molecule has 1 aromatic rings. The fourth-order valence-corrected chi connectivity index (χ4v) is 0.337. The van der Waals surface area contributed by atoms with Crippen molar-refractivity contribution in [3.8, 4) is 0 Å². The molecule has 0 radical (unpaired) electrons. The maximum atomic E-state index is 10.3. The zero-order chi connectivity index (χ0) is 5.28. The molecule has 3 heteroatoms. The van der Waals surface area contributed by atoms with Crippen molar-refractivity contribution in [3.05, 3.63) is 22.7 Å². The molecule has 7 heavy (non-hydrogen) atoms. The van der Waals surface area contributed by atoms with Gasteiger partial charge in [-0.3, -0.25) is 4.79 Å². The summed E-state index contributed by atoms with van der Waals surface area (Å²) in [7, 11) is 1.56. The largest absolute Gasteiger partial charge is 0.385 e. The molecule has 0 spiro atoms. The first-order valence-electron chi connectivity index (χ1n) is 1.92. The van der Waals surface area contributed by atoms with Gasteiger partial charge in [-0.2, -0.15) is 4.74 Å². The van der Waals surface area contributed by atoms with Crippen molar-refractivity contribution >= 4 is 0 Å². The van der Waals surface area contributed by atoms with E-state index >= 15 is 0 Å². The molecule has 0 N–H and O–H groups in total. The van der Waals surface area contributed by atoms with Gasteiger partial charge < -0.3 is 4.52 Å². The van der Waals surface area contributed by atoms with Crippen molar-refractivity contribution in [3.63, 3.8) is 0 Å². The van der Waals surface area contributed by atoms with Crippen molar-refractivity contribution in [2.45, 2.75) is 0 Å². The van der Waals surface area contributed by atoms with E-state index in [-0.39, 0.29) is 5.56 Å². The van der Waals surface area contributed by atoms with Gasteiger partial charge in [0.2, 0.25) is 0 Å². The Morgan fingerprint density at radius 2 is 2.57 bits per heavy atom. The maximum Gasteiger partial charge on any atom is 0.282 e. The average Bonchev–Trinajstić information content (AvgIpc) is 1.91. The third-order valence-electron chi connectivity index (χ3n) is 0.740. The monoisotopic (exact) mass is 99.0 g/mol. The van der Waals surface area contributed by atoms with Gasteiger partial charge in [-0.1, -0.05) is 0 Å². The Morgan fingerprint density at radius 3 is 2.71 bits per heavy atom. The quantitative estimate of drug-likeness (QED) is 0.458. The van der Waals surface area contributed by atoms with E-state index in [4.69, 9.17) is 0 Å². The van der Waals surface area contributed by atoms with Crippen LogP contribution in [0, 0.1) is 0 Å². The van der Waals surface area contributed by atoms with Gasteiger partial charge in [0.05, 0.1) is 0 Å². The number of nitrogens with zero attached hydrogens (tertiary/aromatic N) is 1. The third kappa shape index (κ3) is 0.559. The molecule has 0 aliphatic carbocycles. The van der Waals surface area contributed by atoms with Gasteiger partial charge in [0, 0.05) is 13.1 Å². The van der Waals surface area contributed by atoms with Crippen LogP contribution in [0.25, 0.3) is 0 Å². The lowest BCUT2D eigenvalue weighted by molar-refractivity contribution is 0.298. The van der Waals surface area contributed by atoms with Crippen molar-refractivity contribution in [2.24, 2.45) is 7.05 Å². The minimum absolute atomic E-state index is 0.111. The molecule has 1 aromatic heterocycles. The summed E-state index contributed by atoms with van der Waals surface area (Å²) < 4.78 is 5.72. The highest BCUT2D eigenvalue weighted by Crippen LogP contribution is 1.71. The molecule has 0 atom stereocenters. The molecule has 0 bridgehead atoms. The molecule has 0 unspecified atom stereocenters. The van der Waals surface area contributed by atoms with Crippen molar-refractivity contribution in [1.29, 1.82) is 0 Å². The number of aryl methyl sites for hydroxylation is 1. The molecule has 0 amide bonds.